The first-order valence-electron chi connectivity index (χ1n) is 6.34. The SMILES string of the molecule is CCC(CC(=O)O)Cn1nnnc1-c1cccc(F)c1. The van der Waals surface area contributed by atoms with Crippen LogP contribution in [0.15, 0.2) is 24.3 Å². The Balaban J connectivity index is 2.22. The Morgan fingerprint density at radius 3 is 2.95 bits per heavy atom. The van der Waals surface area contributed by atoms with Crippen molar-refractivity contribution in [2.45, 2.75) is 26.3 Å². The van der Waals surface area contributed by atoms with Crippen molar-refractivity contribution < 1.29 is 14.3 Å². The highest BCUT2D eigenvalue weighted by molar-refractivity contribution is 5.67. The third-order valence-corrected chi connectivity index (χ3v) is 3.09. The van der Waals surface area contributed by atoms with Gasteiger partial charge >= 0.3 is 5.97 Å². The van der Waals surface area contributed by atoms with Gasteiger partial charge in [0, 0.05) is 18.5 Å². The van der Waals surface area contributed by atoms with E-state index in [4.69, 9.17) is 5.11 Å². The molecule has 6 nitrogen and oxygen atoms in total. The number of rotatable bonds is 6. The van der Waals surface area contributed by atoms with Crippen molar-refractivity contribution >= 4 is 5.97 Å². The number of carboxylic acid groups (broad SMARTS) is 1. The zero-order chi connectivity index (χ0) is 14.5. The maximum Gasteiger partial charge on any atom is 0.303 e. The van der Waals surface area contributed by atoms with Crippen molar-refractivity contribution in [2.24, 2.45) is 5.92 Å². The molecule has 0 radical (unpaired) electrons. The number of benzene rings is 1. The lowest BCUT2D eigenvalue weighted by molar-refractivity contribution is -0.138. The number of nitrogens with zero attached hydrogens (tertiary/aromatic N) is 4. The summed E-state index contributed by atoms with van der Waals surface area (Å²) in [5, 5.41) is 20.2. The molecule has 1 aromatic heterocycles. The average Bonchev–Trinajstić information content (AvgIpc) is 2.85. The van der Waals surface area contributed by atoms with Crippen LogP contribution in [0.5, 0.6) is 0 Å². The number of tetrazole rings is 1. The summed E-state index contributed by atoms with van der Waals surface area (Å²) in [4.78, 5) is 10.8. The molecule has 0 aliphatic heterocycles. The van der Waals surface area contributed by atoms with E-state index in [-0.39, 0.29) is 18.2 Å². The molecule has 1 atom stereocenters. The maximum atomic E-state index is 13.2. The van der Waals surface area contributed by atoms with E-state index in [1.807, 2.05) is 6.92 Å². The molecule has 1 N–H and O–H groups in total. The van der Waals surface area contributed by atoms with E-state index in [0.29, 0.717) is 24.4 Å². The van der Waals surface area contributed by atoms with Gasteiger partial charge in [-0.1, -0.05) is 25.5 Å². The third-order valence-electron chi connectivity index (χ3n) is 3.09. The Morgan fingerprint density at radius 1 is 1.50 bits per heavy atom. The molecule has 20 heavy (non-hydrogen) atoms. The summed E-state index contributed by atoms with van der Waals surface area (Å²) in [6, 6.07) is 5.99. The Kier molecular flexibility index (Phi) is 4.39. The highest BCUT2D eigenvalue weighted by Crippen LogP contribution is 2.19. The molecular formula is C13H15FN4O2. The van der Waals surface area contributed by atoms with Gasteiger partial charge < -0.3 is 5.11 Å². The Labute approximate surface area is 115 Å². The van der Waals surface area contributed by atoms with Crippen molar-refractivity contribution in [3.63, 3.8) is 0 Å². The predicted octanol–water partition coefficient (Wildman–Crippen LogP) is 1.98. The van der Waals surface area contributed by atoms with Crippen molar-refractivity contribution in [3.8, 4) is 11.4 Å². The largest absolute Gasteiger partial charge is 0.481 e. The molecule has 7 heteroatoms. The predicted molar refractivity (Wildman–Crippen MR) is 69.2 cm³/mol. The average molecular weight is 278 g/mol. The zero-order valence-electron chi connectivity index (χ0n) is 11.0. The minimum atomic E-state index is -0.850. The number of carboxylic acids is 1. The standard InChI is InChI=1S/C13H15FN4O2/c1-2-9(6-12(19)20)8-18-13(15-16-17-18)10-4-3-5-11(14)7-10/h3-5,7,9H,2,6,8H2,1H3,(H,19,20). The van der Waals surface area contributed by atoms with Crippen LogP contribution in [-0.2, 0) is 11.3 Å². The smallest absolute Gasteiger partial charge is 0.303 e. The van der Waals surface area contributed by atoms with E-state index >= 15 is 0 Å². The molecule has 0 saturated heterocycles. The summed E-state index contributed by atoms with van der Waals surface area (Å²) in [6.45, 7) is 2.31. The molecular weight excluding hydrogens is 263 g/mol. The highest BCUT2D eigenvalue weighted by Gasteiger charge is 2.16. The van der Waals surface area contributed by atoms with Crippen LogP contribution in [0.1, 0.15) is 19.8 Å². The van der Waals surface area contributed by atoms with Crippen molar-refractivity contribution in [2.75, 3.05) is 0 Å². The first-order chi connectivity index (χ1) is 9.60. The van der Waals surface area contributed by atoms with Crippen molar-refractivity contribution in [1.29, 1.82) is 0 Å². The van der Waals surface area contributed by atoms with Gasteiger partial charge in [-0.05, 0) is 28.5 Å². The molecule has 0 fully saturated rings. The molecule has 1 heterocycles. The van der Waals surface area contributed by atoms with Crippen LogP contribution >= 0.6 is 0 Å². The first-order valence-corrected chi connectivity index (χ1v) is 6.34. The van der Waals surface area contributed by atoms with E-state index in [2.05, 4.69) is 15.5 Å². The fourth-order valence-corrected chi connectivity index (χ4v) is 1.99. The molecule has 0 bridgehead atoms. The Bertz CT molecular complexity index is 600. The number of hydrogen-bond donors (Lipinski definition) is 1. The van der Waals surface area contributed by atoms with Gasteiger partial charge in [0.05, 0.1) is 0 Å². The van der Waals surface area contributed by atoms with Gasteiger partial charge in [-0.25, -0.2) is 9.07 Å². The summed E-state index contributed by atoms with van der Waals surface area (Å²) in [5.41, 5.74) is 0.570. The third kappa shape index (κ3) is 3.37. The van der Waals surface area contributed by atoms with Crippen LogP contribution in [0.2, 0.25) is 0 Å². The van der Waals surface area contributed by atoms with E-state index < -0.39 is 5.97 Å². The Hall–Kier alpha value is -2.31. The van der Waals surface area contributed by atoms with Gasteiger partial charge in [0.2, 0.25) is 0 Å². The van der Waals surface area contributed by atoms with Crippen LogP contribution in [0.3, 0.4) is 0 Å². The molecule has 1 unspecified atom stereocenters. The molecule has 0 saturated carbocycles. The van der Waals surface area contributed by atoms with Gasteiger partial charge in [-0.2, -0.15) is 0 Å². The lowest BCUT2D eigenvalue weighted by Gasteiger charge is -2.13. The number of aliphatic carboxylic acids is 1. The van der Waals surface area contributed by atoms with Gasteiger partial charge in [0.15, 0.2) is 5.82 Å². The Morgan fingerprint density at radius 2 is 2.30 bits per heavy atom. The normalized spacial score (nSPS) is 12.3. The van der Waals surface area contributed by atoms with E-state index in [1.165, 1.54) is 16.8 Å². The number of aromatic nitrogens is 4. The summed E-state index contributed by atoms with van der Waals surface area (Å²) in [6.07, 6.45) is 0.758. The summed E-state index contributed by atoms with van der Waals surface area (Å²) < 4.78 is 14.8. The number of halogens is 1. The van der Waals surface area contributed by atoms with E-state index in [9.17, 15) is 9.18 Å². The number of hydrogen-bond acceptors (Lipinski definition) is 4. The monoisotopic (exact) mass is 278 g/mol. The van der Waals surface area contributed by atoms with Crippen molar-refractivity contribution in [3.05, 3.63) is 30.1 Å². The second-order valence-electron chi connectivity index (χ2n) is 4.57. The minimum Gasteiger partial charge on any atom is -0.481 e. The fraction of sp³-hybridized carbons (Fsp3) is 0.385. The maximum absolute atomic E-state index is 13.2. The van der Waals surface area contributed by atoms with Crippen LogP contribution < -0.4 is 0 Å². The summed E-state index contributed by atoms with van der Waals surface area (Å²) in [5.74, 6) is -0.844. The fourth-order valence-electron chi connectivity index (χ4n) is 1.99. The first kappa shape index (κ1) is 14.1. The van der Waals surface area contributed by atoms with Gasteiger partial charge in [-0.15, -0.1) is 5.10 Å². The van der Waals surface area contributed by atoms with E-state index in [0.717, 1.165) is 0 Å². The van der Waals surface area contributed by atoms with Crippen LogP contribution in [-0.4, -0.2) is 31.3 Å². The second-order valence-corrected chi connectivity index (χ2v) is 4.57. The summed E-state index contributed by atoms with van der Waals surface area (Å²) >= 11 is 0. The molecule has 2 aromatic rings. The highest BCUT2D eigenvalue weighted by atomic mass is 19.1. The van der Waals surface area contributed by atoms with E-state index in [1.54, 1.807) is 12.1 Å². The molecule has 2 rings (SSSR count). The van der Waals surface area contributed by atoms with Crippen LogP contribution in [0, 0.1) is 11.7 Å². The zero-order valence-corrected chi connectivity index (χ0v) is 11.0. The molecule has 1 aromatic carbocycles. The molecule has 0 aliphatic rings. The van der Waals surface area contributed by atoms with Crippen LogP contribution in [0.4, 0.5) is 4.39 Å². The summed E-state index contributed by atoms with van der Waals surface area (Å²) in [7, 11) is 0. The minimum absolute atomic E-state index is 0.0545. The molecule has 0 amide bonds. The lowest BCUT2D eigenvalue weighted by Crippen LogP contribution is -2.16. The second kappa shape index (κ2) is 6.23. The van der Waals surface area contributed by atoms with Gasteiger partial charge in [0.1, 0.15) is 5.82 Å². The molecule has 0 aliphatic carbocycles. The van der Waals surface area contributed by atoms with Gasteiger partial charge in [0.25, 0.3) is 0 Å². The van der Waals surface area contributed by atoms with Crippen LogP contribution in [0.25, 0.3) is 11.4 Å². The topological polar surface area (TPSA) is 80.9 Å². The molecule has 106 valence electrons. The van der Waals surface area contributed by atoms with Crippen molar-refractivity contribution in [1.82, 2.24) is 20.2 Å². The van der Waals surface area contributed by atoms with Gasteiger partial charge in [-0.3, -0.25) is 4.79 Å². The lowest BCUT2D eigenvalue weighted by atomic mass is 10.0. The quantitative estimate of drug-likeness (QED) is 0.873. The molecule has 0 spiro atoms. The number of carbonyl (C=O) groups is 1.